The number of nitrogens with zero attached hydrogens (tertiary/aromatic N) is 2. The van der Waals surface area contributed by atoms with Gasteiger partial charge in [-0.15, -0.1) is 0 Å². The number of piperidine rings is 1. The molecule has 1 fully saturated rings. The minimum absolute atomic E-state index is 0.328. The van der Waals surface area contributed by atoms with Crippen LogP contribution < -0.4 is 4.72 Å². The quantitative estimate of drug-likeness (QED) is 0.419. The third-order valence-corrected chi connectivity index (χ3v) is 7.55. The average molecular weight is 476 g/mol. The van der Waals surface area contributed by atoms with E-state index in [0.29, 0.717) is 17.9 Å². The van der Waals surface area contributed by atoms with Crippen molar-refractivity contribution in [3.8, 4) is 0 Å². The Morgan fingerprint density at radius 1 is 0.882 bits per heavy atom. The fraction of sp³-hybridized carbons (Fsp3) is 0.321. The van der Waals surface area contributed by atoms with Gasteiger partial charge in [0.25, 0.3) is 0 Å². The van der Waals surface area contributed by atoms with Crippen molar-refractivity contribution in [2.24, 2.45) is 0 Å². The molecule has 1 N–H and O–H groups in total. The van der Waals surface area contributed by atoms with Crippen LogP contribution in [0.3, 0.4) is 0 Å². The second kappa shape index (κ2) is 12.1. The largest absolute Gasteiger partial charge is 0.303 e. The first kappa shape index (κ1) is 24.3. The standard InChI is InChI=1S/C28H33N3O2S/c32-34(33,30-17-8-20-31-18-4-1-5-19-31)28-13-7-11-26(23-28)22-25-10-6-9-24(21-25)14-15-27-12-2-3-16-29-27/h2-3,6-7,9-16,21,23,30H,1,4-5,8,17-20,22H2/b15-14+. The van der Waals surface area contributed by atoms with Gasteiger partial charge in [-0.1, -0.05) is 55.0 Å². The molecule has 5 nitrogen and oxygen atoms in total. The molecule has 4 rings (SSSR count). The van der Waals surface area contributed by atoms with E-state index in [-0.39, 0.29) is 0 Å². The van der Waals surface area contributed by atoms with Gasteiger partial charge in [0, 0.05) is 12.7 Å². The summed E-state index contributed by atoms with van der Waals surface area (Å²) in [6.07, 6.45) is 11.1. The van der Waals surface area contributed by atoms with Crippen molar-refractivity contribution in [3.05, 3.63) is 95.3 Å². The highest BCUT2D eigenvalue weighted by Gasteiger charge is 2.15. The molecule has 0 aliphatic carbocycles. The van der Waals surface area contributed by atoms with Crippen molar-refractivity contribution >= 4 is 22.2 Å². The first-order chi connectivity index (χ1) is 16.6. The number of likely N-dealkylation sites (tertiary alicyclic amines) is 1. The van der Waals surface area contributed by atoms with Crippen molar-refractivity contribution in [3.63, 3.8) is 0 Å². The Labute approximate surface area is 203 Å². The zero-order chi connectivity index (χ0) is 23.6. The molecule has 34 heavy (non-hydrogen) atoms. The SMILES string of the molecule is O=S(=O)(NCCCN1CCCCC1)c1cccc(Cc2cccc(/C=C/c3ccccn3)c2)c1. The Bertz CT molecular complexity index is 1190. The number of rotatable bonds is 10. The number of benzene rings is 2. The smallest absolute Gasteiger partial charge is 0.240 e. The van der Waals surface area contributed by atoms with E-state index in [0.717, 1.165) is 48.4 Å². The van der Waals surface area contributed by atoms with Gasteiger partial charge in [-0.3, -0.25) is 4.98 Å². The van der Waals surface area contributed by atoms with E-state index in [2.05, 4.69) is 32.8 Å². The third kappa shape index (κ3) is 7.35. The second-order valence-electron chi connectivity index (χ2n) is 8.81. The number of pyridine rings is 1. The first-order valence-electron chi connectivity index (χ1n) is 12.1. The Morgan fingerprint density at radius 2 is 1.68 bits per heavy atom. The summed E-state index contributed by atoms with van der Waals surface area (Å²) < 4.78 is 28.4. The second-order valence-corrected chi connectivity index (χ2v) is 10.6. The van der Waals surface area contributed by atoms with Gasteiger partial charge in [0.15, 0.2) is 0 Å². The zero-order valence-electron chi connectivity index (χ0n) is 19.6. The molecule has 0 spiro atoms. The molecule has 0 amide bonds. The van der Waals surface area contributed by atoms with Crippen LogP contribution in [0, 0.1) is 0 Å². The van der Waals surface area contributed by atoms with Crippen LogP contribution >= 0.6 is 0 Å². The number of aromatic nitrogens is 1. The summed E-state index contributed by atoms with van der Waals surface area (Å²) in [4.78, 5) is 7.07. The van der Waals surface area contributed by atoms with Gasteiger partial charge in [0.2, 0.25) is 10.0 Å². The molecule has 178 valence electrons. The molecule has 0 saturated carbocycles. The van der Waals surface area contributed by atoms with Gasteiger partial charge in [0.05, 0.1) is 10.6 Å². The average Bonchev–Trinajstić information content (AvgIpc) is 2.87. The summed E-state index contributed by atoms with van der Waals surface area (Å²) >= 11 is 0. The summed E-state index contributed by atoms with van der Waals surface area (Å²) in [7, 11) is -3.51. The van der Waals surface area contributed by atoms with Gasteiger partial charge in [0.1, 0.15) is 0 Å². The highest BCUT2D eigenvalue weighted by atomic mass is 32.2. The molecule has 1 aliphatic heterocycles. The highest BCUT2D eigenvalue weighted by Crippen LogP contribution is 2.17. The monoisotopic (exact) mass is 475 g/mol. The van der Waals surface area contributed by atoms with E-state index >= 15 is 0 Å². The zero-order valence-corrected chi connectivity index (χ0v) is 20.4. The summed E-state index contributed by atoms with van der Waals surface area (Å²) in [6.45, 7) is 3.69. The topological polar surface area (TPSA) is 62.3 Å². The van der Waals surface area contributed by atoms with Crippen LogP contribution in [0.2, 0.25) is 0 Å². The van der Waals surface area contributed by atoms with Gasteiger partial charge in [-0.05, 0) is 92.3 Å². The van der Waals surface area contributed by atoms with Gasteiger partial charge >= 0.3 is 0 Å². The fourth-order valence-electron chi connectivity index (χ4n) is 4.30. The Balaban J connectivity index is 1.35. The summed E-state index contributed by atoms with van der Waals surface area (Å²) in [5.41, 5.74) is 4.10. The molecule has 1 aliphatic rings. The lowest BCUT2D eigenvalue weighted by molar-refractivity contribution is 0.227. The van der Waals surface area contributed by atoms with E-state index < -0.39 is 10.0 Å². The highest BCUT2D eigenvalue weighted by molar-refractivity contribution is 7.89. The molecule has 1 aromatic heterocycles. The van der Waals surface area contributed by atoms with E-state index in [1.807, 2.05) is 48.6 Å². The van der Waals surface area contributed by atoms with Crippen molar-refractivity contribution in [2.45, 2.75) is 37.0 Å². The van der Waals surface area contributed by atoms with Crippen molar-refractivity contribution in [1.82, 2.24) is 14.6 Å². The fourth-order valence-corrected chi connectivity index (χ4v) is 5.44. The lowest BCUT2D eigenvalue weighted by Crippen LogP contribution is -2.33. The predicted molar refractivity (Wildman–Crippen MR) is 139 cm³/mol. The van der Waals surface area contributed by atoms with Crippen LogP contribution in [-0.2, 0) is 16.4 Å². The van der Waals surface area contributed by atoms with Crippen LogP contribution in [0.4, 0.5) is 0 Å². The summed E-state index contributed by atoms with van der Waals surface area (Å²) in [5.74, 6) is 0. The summed E-state index contributed by atoms with van der Waals surface area (Å²) in [6, 6.07) is 21.4. The summed E-state index contributed by atoms with van der Waals surface area (Å²) in [5, 5.41) is 0. The molecule has 6 heteroatoms. The van der Waals surface area contributed by atoms with Gasteiger partial charge < -0.3 is 4.90 Å². The molecular formula is C28H33N3O2S. The Morgan fingerprint density at radius 3 is 2.47 bits per heavy atom. The maximum absolute atomic E-state index is 12.8. The molecule has 0 atom stereocenters. The molecule has 2 heterocycles. The molecule has 2 aromatic carbocycles. The van der Waals surface area contributed by atoms with E-state index in [4.69, 9.17) is 0 Å². The molecule has 0 bridgehead atoms. The number of sulfonamides is 1. The van der Waals surface area contributed by atoms with Gasteiger partial charge in [-0.2, -0.15) is 0 Å². The Hall–Kier alpha value is -2.80. The molecule has 3 aromatic rings. The first-order valence-corrected chi connectivity index (χ1v) is 13.6. The number of nitrogens with one attached hydrogen (secondary N) is 1. The van der Waals surface area contributed by atoms with Crippen LogP contribution in [0.15, 0.2) is 77.8 Å². The van der Waals surface area contributed by atoms with E-state index in [1.54, 1.807) is 18.3 Å². The molecule has 0 unspecified atom stereocenters. The number of hydrogen-bond donors (Lipinski definition) is 1. The van der Waals surface area contributed by atoms with E-state index in [1.165, 1.54) is 19.3 Å². The van der Waals surface area contributed by atoms with Crippen LogP contribution in [-0.4, -0.2) is 44.5 Å². The maximum Gasteiger partial charge on any atom is 0.240 e. The Kier molecular flexibility index (Phi) is 8.63. The number of hydrogen-bond acceptors (Lipinski definition) is 4. The normalized spacial score (nSPS) is 15.1. The van der Waals surface area contributed by atoms with Crippen LogP contribution in [0.5, 0.6) is 0 Å². The lowest BCUT2D eigenvalue weighted by Gasteiger charge is -2.26. The predicted octanol–water partition coefficient (Wildman–Crippen LogP) is 5.00. The maximum atomic E-state index is 12.8. The van der Waals surface area contributed by atoms with Crippen LogP contribution in [0.25, 0.3) is 12.2 Å². The molecule has 1 saturated heterocycles. The van der Waals surface area contributed by atoms with Crippen molar-refractivity contribution in [1.29, 1.82) is 0 Å². The minimum atomic E-state index is -3.51. The molecule has 0 radical (unpaired) electrons. The van der Waals surface area contributed by atoms with Gasteiger partial charge in [-0.25, -0.2) is 13.1 Å². The molecular weight excluding hydrogens is 442 g/mol. The van der Waals surface area contributed by atoms with E-state index in [9.17, 15) is 8.42 Å². The minimum Gasteiger partial charge on any atom is -0.303 e. The van der Waals surface area contributed by atoms with Crippen molar-refractivity contribution < 1.29 is 8.42 Å². The van der Waals surface area contributed by atoms with Crippen molar-refractivity contribution in [2.75, 3.05) is 26.2 Å². The lowest BCUT2D eigenvalue weighted by atomic mass is 10.0. The van der Waals surface area contributed by atoms with Crippen LogP contribution in [0.1, 0.15) is 48.1 Å². The third-order valence-electron chi connectivity index (χ3n) is 6.09.